The van der Waals surface area contributed by atoms with Crippen LogP contribution in [0.15, 0.2) is 6.20 Å². The third-order valence-corrected chi connectivity index (χ3v) is 2.99. The Bertz CT molecular complexity index is 477. The second-order valence-electron chi connectivity index (χ2n) is 4.44. The number of aromatic nitrogens is 2. The molecule has 2 rings (SSSR count). The van der Waals surface area contributed by atoms with E-state index in [-0.39, 0.29) is 37.5 Å². The maximum atomic E-state index is 13.4. The molecule has 0 radical (unpaired) electrons. The van der Waals surface area contributed by atoms with Gasteiger partial charge in [0, 0.05) is 13.0 Å². The smallest absolute Gasteiger partial charge is 0.331 e. The van der Waals surface area contributed by atoms with Gasteiger partial charge >= 0.3 is 5.69 Å². The van der Waals surface area contributed by atoms with E-state index in [1.165, 1.54) is 9.58 Å². The van der Waals surface area contributed by atoms with E-state index in [0.29, 0.717) is 6.54 Å². The van der Waals surface area contributed by atoms with E-state index in [1.807, 2.05) is 0 Å². The summed E-state index contributed by atoms with van der Waals surface area (Å²) in [5, 5.41) is 23.6. The van der Waals surface area contributed by atoms with Crippen molar-refractivity contribution in [2.45, 2.75) is 25.3 Å². The number of hydrogen-bond acceptors (Lipinski definition) is 5. The van der Waals surface area contributed by atoms with Gasteiger partial charge in [-0.15, -0.1) is 0 Å². The van der Waals surface area contributed by atoms with Crippen LogP contribution in [-0.4, -0.2) is 45.4 Å². The first-order valence-corrected chi connectivity index (χ1v) is 5.88. The van der Waals surface area contributed by atoms with Crippen molar-refractivity contribution in [2.75, 3.05) is 24.6 Å². The highest BCUT2D eigenvalue weighted by Gasteiger charge is 2.38. The van der Waals surface area contributed by atoms with E-state index < -0.39 is 17.4 Å². The molecule has 1 aromatic rings. The monoisotopic (exact) mass is 276 g/mol. The standard InChI is InChI=1S/C10H14F2N4O3/c11-10(12)2-1-3-14(7-10)9-8(16(18)19)6-13-15(9)4-5-17/h6,17H,1-5,7H2. The van der Waals surface area contributed by atoms with E-state index in [2.05, 4.69) is 5.10 Å². The van der Waals surface area contributed by atoms with E-state index in [0.717, 1.165) is 6.20 Å². The Labute approximate surface area is 107 Å². The van der Waals surface area contributed by atoms with Crippen LogP contribution in [0.4, 0.5) is 20.3 Å². The van der Waals surface area contributed by atoms with Gasteiger partial charge in [0.2, 0.25) is 5.82 Å². The number of aliphatic hydroxyl groups excluding tert-OH is 1. The molecule has 9 heteroatoms. The van der Waals surface area contributed by atoms with Crippen LogP contribution >= 0.6 is 0 Å². The van der Waals surface area contributed by atoms with Crippen molar-refractivity contribution in [1.29, 1.82) is 0 Å². The average Bonchev–Trinajstić information content (AvgIpc) is 2.72. The maximum absolute atomic E-state index is 13.4. The molecule has 106 valence electrons. The second-order valence-corrected chi connectivity index (χ2v) is 4.44. The maximum Gasteiger partial charge on any atom is 0.331 e. The van der Waals surface area contributed by atoms with Gasteiger partial charge in [-0.3, -0.25) is 10.1 Å². The lowest BCUT2D eigenvalue weighted by Crippen LogP contribution is -2.43. The molecule has 0 atom stereocenters. The summed E-state index contributed by atoms with van der Waals surface area (Å²) in [6.45, 7) is -0.486. The van der Waals surface area contributed by atoms with Gasteiger partial charge in [0.1, 0.15) is 6.20 Å². The summed E-state index contributed by atoms with van der Waals surface area (Å²) in [7, 11) is 0. The summed E-state index contributed by atoms with van der Waals surface area (Å²) < 4.78 is 28.0. The lowest BCUT2D eigenvalue weighted by molar-refractivity contribution is -0.384. The van der Waals surface area contributed by atoms with Gasteiger partial charge < -0.3 is 10.0 Å². The van der Waals surface area contributed by atoms with E-state index in [9.17, 15) is 18.9 Å². The molecule has 0 amide bonds. The normalized spacial score (nSPS) is 18.6. The Hall–Kier alpha value is -1.77. The molecule has 7 nitrogen and oxygen atoms in total. The highest BCUT2D eigenvalue weighted by atomic mass is 19.3. The zero-order valence-electron chi connectivity index (χ0n) is 10.1. The van der Waals surface area contributed by atoms with Gasteiger partial charge in [0.25, 0.3) is 5.92 Å². The zero-order valence-corrected chi connectivity index (χ0v) is 10.1. The quantitative estimate of drug-likeness (QED) is 0.655. The summed E-state index contributed by atoms with van der Waals surface area (Å²) in [4.78, 5) is 11.5. The topological polar surface area (TPSA) is 84.4 Å². The second kappa shape index (κ2) is 5.08. The highest BCUT2D eigenvalue weighted by Crippen LogP contribution is 2.34. The molecule has 19 heavy (non-hydrogen) atoms. The first-order valence-electron chi connectivity index (χ1n) is 5.88. The Morgan fingerprint density at radius 2 is 2.32 bits per heavy atom. The molecule has 0 spiro atoms. The minimum Gasteiger partial charge on any atom is -0.394 e. The van der Waals surface area contributed by atoms with Crippen LogP contribution in [0.3, 0.4) is 0 Å². The Morgan fingerprint density at radius 1 is 1.58 bits per heavy atom. The number of halogens is 2. The fraction of sp³-hybridized carbons (Fsp3) is 0.700. The fourth-order valence-electron chi connectivity index (χ4n) is 2.23. The molecular formula is C10H14F2N4O3. The van der Waals surface area contributed by atoms with Crippen molar-refractivity contribution in [3.8, 4) is 0 Å². The van der Waals surface area contributed by atoms with Gasteiger partial charge in [-0.1, -0.05) is 0 Å². The molecule has 1 aliphatic heterocycles. The largest absolute Gasteiger partial charge is 0.394 e. The van der Waals surface area contributed by atoms with Crippen molar-refractivity contribution in [3.05, 3.63) is 16.3 Å². The molecule has 0 aliphatic carbocycles. The number of aliphatic hydroxyl groups is 1. The number of alkyl halides is 2. The first kappa shape index (κ1) is 13.7. The molecule has 2 heterocycles. The lowest BCUT2D eigenvalue weighted by Gasteiger charge is -2.33. The molecule has 1 saturated heterocycles. The molecule has 0 saturated carbocycles. The number of nitro groups is 1. The van der Waals surface area contributed by atoms with Crippen molar-refractivity contribution in [3.63, 3.8) is 0 Å². The van der Waals surface area contributed by atoms with Crippen LogP contribution in [0.25, 0.3) is 0 Å². The predicted molar refractivity (Wildman–Crippen MR) is 62.4 cm³/mol. The number of anilines is 1. The van der Waals surface area contributed by atoms with Crippen molar-refractivity contribution < 1.29 is 18.8 Å². The molecule has 1 aliphatic rings. The van der Waals surface area contributed by atoms with Crippen LogP contribution in [0.2, 0.25) is 0 Å². The molecular weight excluding hydrogens is 262 g/mol. The average molecular weight is 276 g/mol. The Balaban J connectivity index is 2.35. The van der Waals surface area contributed by atoms with Crippen molar-refractivity contribution in [2.24, 2.45) is 0 Å². The Morgan fingerprint density at radius 3 is 2.89 bits per heavy atom. The number of piperidine rings is 1. The summed E-state index contributed by atoms with van der Waals surface area (Å²) in [6.07, 6.45) is 1.07. The molecule has 0 unspecified atom stereocenters. The predicted octanol–water partition coefficient (Wildman–Crippen LogP) is 1.02. The number of hydrogen-bond donors (Lipinski definition) is 1. The number of nitrogens with zero attached hydrogens (tertiary/aromatic N) is 4. The summed E-state index contributed by atoms with van der Waals surface area (Å²) in [5.41, 5.74) is -0.314. The zero-order chi connectivity index (χ0) is 14.0. The van der Waals surface area contributed by atoms with E-state index in [4.69, 9.17) is 5.11 Å². The molecule has 1 aromatic heterocycles. The SMILES string of the molecule is O=[N+]([O-])c1cnn(CCO)c1N1CCCC(F)(F)C1. The van der Waals surface area contributed by atoms with Crippen LogP contribution in [0.5, 0.6) is 0 Å². The van der Waals surface area contributed by atoms with Gasteiger partial charge in [0.05, 0.1) is 24.6 Å². The third kappa shape index (κ3) is 2.80. The van der Waals surface area contributed by atoms with Gasteiger partial charge in [0.15, 0.2) is 0 Å². The Kier molecular flexibility index (Phi) is 3.65. The van der Waals surface area contributed by atoms with Crippen LogP contribution < -0.4 is 4.90 Å². The summed E-state index contributed by atoms with van der Waals surface area (Å²) >= 11 is 0. The minimum absolute atomic E-state index is 0.0330. The van der Waals surface area contributed by atoms with Gasteiger partial charge in [-0.25, -0.2) is 13.5 Å². The van der Waals surface area contributed by atoms with Crippen molar-refractivity contribution in [1.82, 2.24) is 9.78 Å². The fourth-order valence-corrected chi connectivity index (χ4v) is 2.23. The van der Waals surface area contributed by atoms with Crippen LogP contribution in [0, 0.1) is 10.1 Å². The van der Waals surface area contributed by atoms with Crippen LogP contribution in [-0.2, 0) is 6.54 Å². The third-order valence-electron chi connectivity index (χ3n) is 2.99. The molecule has 1 N–H and O–H groups in total. The first-order chi connectivity index (χ1) is 8.94. The molecule has 0 aromatic carbocycles. The van der Waals surface area contributed by atoms with E-state index in [1.54, 1.807) is 0 Å². The molecule has 0 bridgehead atoms. The summed E-state index contributed by atoms with van der Waals surface area (Å²) in [6, 6.07) is 0. The molecule has 1 fully saturated rings. The van der Waals surface area contributed by atoms with Crippen molar-refractivity contribution >= 4 is 11.5 Å². The van der Waals surface area contributed by atoms with Gasteiger partial charge in [-0.05, 0) is 6.42 Å². The number of rotatable bonds is 4. The van der Waals surface area contributed by atoms with Crippen LogP contribution in [0.1, 0.15) is 12.8 Å². The summed E-state index contributed by atoms with van der Waals surface area (Å²) in [5.74, 6) is -2.82. The lowest BCUT2D eigenvalue weighted by atomic mass is 10.1. The minimum atomic E-state index is -2.86. The highest BCUT2D eigenvalue weighted by molar-refractivity contribution is 5.58. The van der Waals surface area contributed by atoms with E-state index >= 15 is 0 Å². The van der Waals surface area contributed by atoms with Gasteiger partial charge in [-0.2, -0.15) is 5.10 Å².